The van der Waals surface area contributed by atoms with Crippen molar-refractivity contribution in [2.24, 2.45) is 0 Å². The second kappa shape index (κ2) is 9.73. The van der Waals surface area contributed by atoms with E-state index in [1.165, 1.54) is 12.1 Å². The molecule has 1 amide bonds. The topological polar surface area (TPSA) is 102 Å². The van der Waals surface area contributed by atoms with Crippen molar-refractivity contribution in [1.29, 1.82) is 0 Å². The Morgan fingerprint density at radius 2 is 1.67 bits per heavy atom. The lowest BCUT2D eigenvalue weighted by molar-refractivity contribution is 0.0711. The minimum Gasteiger partial charge on any atom is -0.434 e. The highest BCUT2D eigenvalue weighted by atomic mass is 32.2. The van der Waals surface area contributed by atoms with Gasteiger partial charge in [-0.25, -0.2) is 17.9 Å². The average molecular weight is 432 g/mol. The Labute approximate surface area is 175 Å². The van der Waals surface area contributed by atoms with Gasteiger partial charge in [0.1, 0.15) is 5.75 Å². The van der Waals surface area contributed by atoms with Gasteiger partial charge in [-0.15, -0.1) is 0 Å². The lowest BCUT2D eigenvalue weighted by Crippen LogP contribution is -2.46. The fourth-order valence-electron chi connectivity index (χ4n) is 3.18. The van der Waals surface area contributed by atoms with E-state index in [-0.39, 0.29) is 23.5 Å². The molecule has 30 heavy (non-hydrogen) atoms. The summed E-state index contributed by atoms with van der Waals surface area (Å²) in [5.74, 6) is 0.140. The number of nitrogens with zero attached hydrogens (tertiary/aromatic N) is 1. The highest BCUT2D eigenvalue weighted by Crippen LogP contribution is 2.19. The van der Waals surface area contributed by atoms with E-state index in [2.05, 4.69) is 4.72 Å². The molecule has 1 N–H and O–H groups in total. The molecule has 1 heterocycles. The Balaban J connectivity index is 1.53. The van der Waals surface area contributed by atoms with Crippen LogP contribution in [0.15, 0.2) is 59.5 Å². The molecule has 160 valence electrons. The van der Waals surface area contributed by atoms with E-state index in [1.54, 1.807) is 54.3 Å². The molecule has 3 rings (SSSR count). The summed E-state index contributed by atoms with van der Waals surface area (Å²) in [6, 6.07) is 14.2. The number of carbonyl (C=O) groups excluding carboxylic acids is 2. The summed E-state index contributed by atoms with van der Waals surface area (Å²) in [5, 5.41) is 0. The molecule has 2 aromatic carbocycles. The van der Waals surface area contributed by atoms with Crippen molar-refractivity contribution in [3.63, 3.8) is 0 Å². The molecule has 0 aliphatic carbocycles. The van der Waals surface area contributed by atoms with Crippen LogP contribution >= 0.6 is 0 Å². The maximum Gasteiger partial charge on any atom is 0.513 e. The summed E-state index contributed by atoms with van der Waals surface area (Å²) in [5.41, 5.74) is 0.467. The average Bonchev–Trinajstić information content (AvgIpc) is 2.75. The molecule has 1 saturated heterocycles. The second-order valence-electron chi connectivity index (χ2n) is 6.81. The van der Waals surface area contributed by atoms with Crippen LogP contribution < -0.4 is 9.46 Å². The van der Waals surface area contributed by atoms with Gasteiger partial charge in [0.2, 0.25) is 10.0 Å². The minimum absolute atomic E-state index is 0.151. The Morgan fingerprint density at radius 3 is 2.27 bits per heavy atom. The predicted octanol–water partition coefficient (Wildman–Crippen LogP) is 2.81. The van der Waals surface area contributed by atoms with Crippen LogP contribution in [0, 0.1) is 0 Å². The van der Waals surface area contributed by atoms with Crippen molar-refractivity contribution >= 4 is 22.1 Å². The summed E-state index contributed by atoms with van der Waals surface area (Å²) in [7, 11) is -3.57. The SMILES string of the molecule is CCOC(=O)Oc1ccc(C(=O)N2CCC(NS(=O)(=O)c3ccccc3)CC2)cc1. The van der Waals surface area contributed by atoms with Crippen LogP contribution in [-0.2, 0) is 14.8 Å². The zero-order chi connectivity index (χ0) is 21.6. The number of rotatable bonds is 6. The Kier molecular flexibility index (Phi) is 7.07. The highest BCUT2D eigenvalue weighted by molar-refractivity contribution is 7.89. The Morgan fingerprint density at radius 1 is 1.03 bits per heavy atom. The van der Waals surface area contributed by atoms with E-state index < -0.39 is 16.2 Å². The van der Waals surface area contributed by atoms with Crippen LogP contribution in [0.25, 0.3) is 0 Å². The van der Waals surface area contributed by atoms with Gasteiger partial charge in [0, 0.05) is 24.7 Å². The Bertz CT molecular complexity index is 968. The first kappa shape index (κ1) is 21.8. The maximum atomic E-state index is 12.7. The highest BCUT2D eigenvalue weighted by Gasteiger charge is 2.27. The first-order valence-corrected chi connectivity index (χ1v) is 11.2. The number of nitrogens with one attached hydrogen (secondary N) is 1. The molecule has 0 spiro atoms. The number of carbonyl (C=O) groups is 2. The van der Waals surface area contributed by atoms with Crippen molar-refractivity contribution in [3.05, 3.63) is 60.2 Å². The maximum absolute atomic E-state index is 12.7. The van der Waals surface area contributed by atoms with Gasteiger partial charge in [0.15, 0.2) is 0 Å². The van der Waals surface area contributed by atoms with E-state index >= 15 is 0 Å². The number of likely N-dealkylation sites (tertiary alicyclic amines) is 1. The van der Waals surface area contributed by atoms with E-state index in [9.17, 15) is 18.0 Å². The van der Waals surface area contributed by atoms with Gasteiger partial charge >= 0.3 is 6.16 Å². The molecule has 0 aromatic heterocycles. The Hall–Kier alpha value is -2.91. The summed E-state index contributed by atoms with van der Waals surface area (Å²) in [6.45, 7) is 2.79. The van der Waals surface area contributed by atoms with Gasteiger partial charge in [-0.3, -0.25) is 4.79 Å². The standard InChI is InChI=1S/C21H24N2O6S/c1-2-28-21(25)29-18-10-8-16(9-11-18)20(24)23-14-12-17(13-15-23)22-30(26,27)19-6-4-3-5-7-19/h3-11,17,22H,2,12-15H2,1H3. The van der Waals surface area contributed by atoms with Gasteiger partial charge in [0.25, 0.3) is 5.91 Å². The molecule has 0 atom stereocenters. The summed E-state index contributed by atoms with van der Waals surface area (Å²) in [4.78, 5) is 26.0. The number of amides is 1. The monoisotopic (exact) mass is 432 g/mol. The van der Waals surface area contributed by atoms with Crippen LogP contribution in [-0.4, -0.2) is 51.1 Å². The molecule has 1 aliphatic heterocycles. The van der Waals surface area contributed by atoms with Crippen molar-refractivity contribution in [2.45, 2.75) is 30.7 Å². The van der Waals surface area contributed by atoms with Crippen LogP contribution in [0.4, 0.5) is 4.79 Å². The third-order valence-electron chi connectivity index (χ3n) is 4.72. The molecular weight excluding hydrogens is 408 g/mol. The zero-order valence-corrected chi connectivity index (χ0v) is 17.4. The summed E-state index contributed by atoms with van der Waals surface area (Å²) >= 11 is 0. The lowest BCUT2D eigenvalue weighted by atomic mass is 10.0. The first-order valence-electron chi connectivity index (χ1n) is 9.70. The lowest BCUT2D eigenvalue weighted by Gasteiger charge is -2.32. The number of sulfonamides is 1. The largest absolute Gasteiger partial charge is 0.513 e. The van der Waals surface area contributed by atoms with E-state index in [4.69, 9.17) is 9.47 Å². The van der Waals surface area contributed by atoms with Gasteiger partial charge in [-0.2, -0.15) is 0 Å². The molecule has 0 saturated carbocycles. The van der Waals surface area contributed by atoms with Gasteiger partial charge in [0.05, 0.1) is 11.5 Å². The van der Waals surface area contributed by atoms with E-state index in [0.717, 1.165) is 0 Å². The molecule has 1 aliphatic rings. The van der Waals surface area contributed by atoms with Gasteiger partial charge in [-0.1, -0.05) is 18.2 Å². The molecule has 8 nitrogen and oxygen atoms in total. The molecule has 2 aromatic rings. The molecule has 1 fully saturated rings. The van der Waals surface area contributed by atoms with Crippen LogP contribution in [0.3, 0.4) is 0 Å². The molecule has 9 heteroatoms. The number of ether oxygens (including phenoxy) is 2. The van der Waals surface area contributed by atoms with Gasteiger partial charge in [-0.05, 0) is 56.2 Å². The predicted molar refractivity (Wildman–Crippen MR) is 110 cm³/mol. The third kappa shape index (κ3) is 5.58. The fraction of sp³-hybridized carbons (Fsp3) is 0.333. The normalized spacial score (nSPS) is 14.9. The summed E-state index contributed by atoms with van der Waals surface area (Å²) < 4.78 is 37.3. The van der Waals surface area contributed by atoms with Gasteiger partial charge < -0.3 is 14.4 Å². The van der Waals surface area contributed by atoms with Crippen molar-refractivity contribution in [1.82, 2.24) is 9.62 Å². The summed E-state index contributed by atoms with van der Waals surface area (Å²) in [6.07, 6.45) is 0.264. The van der Waals surface area contributed by atoms with Crippen molar-refractivity contribution in [2.75, 3.05) is 19.7 Å². The first-order chi connectivity index (χ1) is 14.4. The number of benzene rings is 2. The van der Waals surface area contributed by atoms with Crippen LogP contribution in [0.2, 0.25) is 0 Å². The van der Waals surface area contributed by atoms with E-state index in [1.807, 2.05) is 0 Å². The number of hydrogen-bond acceptors (Lipinski definition) is 6. The van der Waals surface area contributed by atoms with Crippen LogP contribution in [0.5, 0.6) is 5.75 Å². The zero-order valence-electron chi connectivity index (χ0n) is 16.6. The van der Waals surface area contributed by atoms with Crippen LogP contribution in [0.1, 0.15) is 30.1 Å². The third-order valence-corrected chi connectivity index (χ3v) is 6.26. The number of hydrogen-bond donors (Lipinski definition) is 1. The molecule has 0 unspecified atom stereocenters. The fourth-order valence-corrected chi connectivity index (χ4v) is 4.51. The minimum atomic E-state index is -3.57. The quantitative estimate of drug-likeness (QED) is 0.556. The molecule has 0 bridgehead atoms. The van der Waals surface area contributed by atoms with E-state index in [0.29, 0.717) is 37.2 Å². The molecular formula is C21H24N2O6S. The molecule has 0 radical (unpaired) electrons. The van der Waals surface area contributed by atoms with Crippen molar-refractivity contribution < 1.29 is 27.5 Å². The number of piperidine rings is 1. The van der Waals surface area contributed by atoms with Crippen molar-refractivity contribution in [3.8, 4) is 5.75 Å². The second-order valence-corrected chi connectivity index (χ2v) is 8.52. The smallest absolute Gasteiger partial charge is 0.434 e.